The lowest BCUT2D eigenvalue weighted by molar-refractivity contribution is 0.432. The molecule has 100 valence electrons. The molecule has 0 radical (unpaired) electrons. The molecule has 5 heteroatoms. The molecular weight excluding hydrogens is 274 g/mol. The molecule has 2 aromatic heterocycles. The predicted molar refractivity (Wildman–Crippen MR) is 77.4 cm³/mol. The molecule has 0 spiro atoms. The smallest absolute Gasteiger partial charge is 0.261 e. The van der Waals surface area contributed by atoms with Crippen LogP contribution in [-0.2, 0) is 0 Å². The van der Waals surface area contributed by atoms with Crippen molar-refractivity contribution in [2.24, 2.45) is 0 Å². The van der Waals surface area contributed by atoms with Crippen LogP contribution in [0.25, 0.3) is 22.8 Å². The first-order valence-corrected chi connectivity index (χ1v) is 6.55. The number of pyridine rings is 1. The summed E-state index contributed by atoms with van der Waals surface area (Å²) in [6.45, 7) is 4.05. The monoisotopic (exact) mass is 285 g/mol. The van der Waals surface area contributed by atoms with Gasteiger partial charge in [0.05, 0.1) is 5.56 Å². The molecule has 4 nitrogen and oxygen atoms in total. The molecule has 0 saturated heterocycles. The van der Waals surface area contributed by atoms with Gasteiger partial charge in [-0.2, -0.15) is 4.98 Å². The number of nitrogens with zero attached hydrogens (tertiary/aromatic N) is 3. The van der Waals surface area contributed by atoms with E-state index < -0.39 is 0 Å². The Hall–Kier alpha value is -2.20. The number of aromatic nitrogens is 3. The Balaban J connectivity index is 2.07. The van der Waals surface area contributed by atoms with Gasteiger partial charge in [0, 0.05) is 11.8 Å². The van der Waals surface area contributed by atoms with Crippen LogP contribution < -0.4 is 0 Å². The van der Waals surface area contributed by atoms with Gasteiger partial charge >= 0.3 is 0 Å². The van der Waals surface area contributed by atoms with Gasteiger partial charge in [-0.1, -0.05) is 34.5 Å². The minimum absolute atomic E-state index is 0.351. The molecule has 0 fully saturated rings. The molecule has 0 amide bonds. The van der Waals surface area contributed by atoms with E-state index >= 15 is 0 Å². The standard InChI is InChI=1S/C15H12ClN3O/c1-9-5-6-10(2)12(8-9)14-18-15(20-19-14)11-4-3-7-17-13(11)16/h3-8H,1-2H3. The Morgan fingerprint density at radius 1 is 1.10 bits per heavy atom. The minimum atomic E-state index is 0.351. The van der Waals surface area contributed by atoms with Crippen LogP contribution >= 0.6 is 11.6 Å². The molecule has 0 N–H and O–H groups in total. The van der Waals surface area contributed by atoms with Gasteiger partial charge in [-0.3, -0.25) is 0 Å². The lowest BCUT2D eigenvalue weighted by Crippen LogP contribution is -1.87. The van der Waals surface area contributed by atoms with Crippen molar-refractivity contribution in [1.29, 1.82) is 0 Å². The van der Waals surface area contributed by atoms with E-state index in [1.807, 2.05) is 26.0 Å². The van der Waals surface area contributed by atoms with E-state index in [0.717, 1.165) is 16.7 Å². The summed E-state index contributed by atoms with van der Waals surface area (Å²) >= 11 is 6.03. The first kappa shape index (κ1) is 12.8. The first-order valence-electron chi connectivity index (χ1n) is 6.17. The molecule has 0 aliphatic rings. The third kappa shape index (κ3) is 2.30. The van der Waals surface area contributed by atoms with Gasteiger partial charge < -0.3 is 4.52 Å². The van der Waals surface area contributed by atoms with Crippen LogP contribution in [0.1, 0.15) is 11.1 Å². The number of halogens is 1. The second kappa shape index (κ2) is 5.06. The van der Waals surface area contributed by atoms with Crippen molar-refractivity contribution >= 4 is 11.6 Å². The van der Waals surface area contributed by atoms with E-state index in [2.05, 4.69) is 21.2 Å². The number of aryl methyl sites for hydroxylation is 2. The molecule has 0 saturated carbocycles. The minimum Gasteiger partial charge on any atom is -0.333 e. The van der Waals surface area contributed by atoms with Crippen LogP contribution in [0.2, 0.25) is 5.15 Å². The van der Waals surface area contributed by atoms with E-state index in [1.54, 1.807) is 18.3 Å². The zero-order valence-corrected chi connectivity index (χ0v) is 11.8. The second-order valence-corrected chi connectivity index (χ2v) is 4.94. The van der Waals surface area contributed by atoms with E-state index in [-0.39, 0.29) is 0 Å². The van der Waals surface area contributed by atoms with E-state index in [9.17, 15) is 0 Å². The fourth-order valence-electron chi connectivity index (χ4n) is 1.96. The van der Waals surface area contributed by atoms with Gasteiger partial charge in [0.2, 0.25) is 5.82 Å². The topological polar surface area (TPSA) is 51.8 Å². The average Bonchev–Trinajstić information content (AvgIpc) is 2.91. The Morgan fingerprint density at radius 2 is 1.95 bits per heavy atom. The van der Waals surface area contributed by atoms with Gasteiger partial charge in [-0.05, 0) is 37.6 Å². The Bertz CT molecular complexity index is 767. The molecule has 1 aromatic carbocycles. The third-order valence-corrected chi connectivity index (χ3v) is 3.35. The summed E-state index contributed by atoms with van der Waals surface area (Å²) in [6, 6.07) is 9.71. The van der Waals surface area contributed by atoms with Crippen LogP contribution in [0.15, 0.2) is 41.1 Å². The average molecular weight is 286 g/mol. The molecule has 3 rings (SSSR count). The van der Waals surface area contributed by atoms with Crippen LogP contribution in [-0.4, -0.2) is 15.1 Å². The molecule has 0 atom stereocenters. The number of hydrogen-bond acceptors (Lipinski definition) is 4. The molecule has 0 aliphatic carbocycles. The Labute approximate surface area is 121 Å². The maximum Gasteiger partial charge on any atom is 0.261 e. The Morgan fingerprint density at radius 3 is 2.75 bits per heavy atom. The van der Waals surface area contributed by atoms with Gasteiger partial charge in [0.15, 0.2) is 0 Å². The third-order valence-electron chi connectivity index (χ3n) is 3.05. The van der Waals surface area contributed by atoms with Crippen LogP contribution in [0.3, 0.4) is 0 Å². The first-order chi connectivity index (χ1) is 9.65. The zero-order chi connectivity index (χ0) is 14.1. The van der Waals surface area contributed by atoms with E-state index in [4.69, 9.17) is 16.1 Å². The second-order valence-electron chi connectivity index (χ2n) is 4.58. The van der Waals surface area contributed by atoms with Gasteiger partial charge in [-0.15, -0.1) is 0 Å². The molecule has 0 bridgehead atoms. The fraction of sp³-hybridized carbons (Fsp3) is 0.133. The van der Waals surface area contributed by atoms with Crippen LogP contribution in [0, 0.1) is 13.8 Å². The summed E-state index contributed by atoms with van der Waals surface area (Å²) in [7, 11) is 0. The van der Waals surface area contributed by atoms with E-state index in [1.165, 1.54) is 0 Å². The van der Waals surface area contributed by atoms with Gasteiger partial charge in [-0.25, -0.2) is 4.98 Å². The SMILES string of the molecule is Cc1ccc(C)c(-c2noc(-c3cccnc3Cl)n2)c1. The molecule has 2 heterocycles. The highest BCUT2D eigenvalue weighted by molar-refractivity contribution is 6.31. The van der Waals surface area contributed by atoms with Gasteiger partial charge in [0.25, 0.3) is 5.89 Å². The van der Waals surface area contributed by atoms with Crippen molar-refractivity contribution in [3.63, 3.8) is 0 Å². The van der Waals surface area contributed by atoms with Crippen molar-refractivity contribution in [3.05, 3.63) is 52.8 Å². The van der Waals surface area contributed by atoms with Crippen molar-refractivity contribution in [2.75, 3.05) is 0 Å². The molecule has 20 heavy (non-hydrogen) atoms. The highest BCUT2D eigenvalue weighted by Gasteiger charge is 2.15. The summed E-state index contributed by atoms with van der Waals surface area (Å²) in [5.74, 6) is 0.931. The number of benzene rings is 1. The summed E-state index contributed by atoms with van der Waals surface area (Å²) < 4.78 is 5.30. The number of rotatable bonds is 2. The highest BCUT2D eigenvalue weighted by Crippen LogP contribution is 2.28. The predicted octanol–water partition coefficient (Wildman–Crippen LogP) is 4.07. The summed E-state index contributed by atoms with van der Waals surface area (Å²) in [4.78, 5) is 8.42. The van der Waals surface area contributed by atoms with E-state index in [0.29, 0.717) is 22.4 Å². The van der Waals surface area contributed by atoms with Crippen molar-refractivity contribution in [1.82, 2.24) is 15.1 Å². The zero-order valence-electron chi connectivity index (χ0n) is 11.1. The lowest BCUT2D eigenvalue weighted by Gasteiger charge is -2.01. The highest BCUT2D eigenvalue weighted by atomic mass is 35.5. The summed E-state index contributed by atoms with van der Waals surface area (Å²) in [5.41, 5.74) is 3.84. The molecular formula is C15H12ClN3O. The van der Waals surface area contributed by atoms with Gasteiger partial charge in [0.1, 0.15) is 5.15 Å². The maximum absolute atomic E-state index is 6.03. The quantitative estimate of drug-likeness (QED) is 0.666. The number of hydrogen-bond donors (Lipinski definition) is 0. The summed E-state index contributed by atoms with van der Waals surface area (Å²) in [6.07, 6.45) is 1.62. The van der Waals surface area contributed by atoms with Crippen LogP contribution in [0.4, 0.5) is 0 Å². The Kier molecular flexibility index (Phi) is 3.24. The van der Waals surface area contributed by atoms with Crippen molar-refractivity contribution < 1.29 is 4.52 Å². The molecule has 3 aromatic rings. The maximum atomic E-state index is 6.03. The summed E-state index contributed by atoms with van der Waals surface area (Å²) in [5, 5.41) is 4.38. The molecule has 0 unspecified atom stereocenters. The van der Waals surface area contributed by atoms with Crippen molar-refractivity contribution in [3.8, 4) is 22.8 Å². The van der Waals surface area contributed by atoms with Crippen LogP contribution in [0.5, 0.6) is 0 Å². The molecule has 0 aliphatic heterocycles. The lowest BCUT2D eigenvalue weighted by atomic mass is 10.1. The fourth-order valence-corrected chi connectivity index (χ4v) is 2.16. The van der Waals surface area contributed by atoms with Crippen molar-refractivity contribution in [2.45, 2.75) is 13.8 Å². The normalized spacial score (nSPS) is 10.8. The largest absolute Gasteiger partial charge is 0.333 e.